The SMILES string of the molecule is C1=C/N\C=C/N=C\C=C/N\C=C/N=C\1. The molecule has 0 atom stereocenters. The summed E-state index contributed by atoms with van der Waals surface area (Å²) in [6.45, 7) is 0. The number of allylic oxidation sites excluding steroid dienone is 2. The molecule has 4 nitrogen and oxygen atoms in total. The minimum atomic E-state index is 1.66. The zero-order chi connectivity index (χ0) is 9.90. The van der Waals surface area contributed by atoms with Crippen molar-refractivity contribution in [3.63, 3.8) is 0 Å². The quantitative estimate of drug-likeness (QED) is 0.601. The maximum absolute atomic E-state index is 3.97. The molecule has 4 heteroatoms. The Balaban J connectivity index is 2.55. The summed E-state index contributed by atoms with van der Waals surface area (Å²) in [7, 11) is 0. The molecule has 1 aliphatic rings. The standard InChI is InChI=1S/C10H12N4/c1-3-11-7-9-13-5-2-6-14-10-8-12-4-1/h1-11,14H/b3-1-,6-2-,9-7-,10-8-,12-4-,13-5-. The lowest BCUT2D eigenvalue weighted by Crippen LogP contribution is -1.92. The van der Waals surface area contributed by atoms with Crippen LogP contribution in [0.4, 0.5) is 0 Å². The number of hydrogen-bond acceptors (Lipinski definition) is 4. The molecule has 72 valence electrons. The first-order valence-corrected chi connectivity index (χ1v) is 4.19. The van der Waals surface area contributed by atoms with Crippen LogP contribution in [0.5, 0.6) is 0 Å². The first-order valence-electron chi connectivity index (χ1n) is 4.19. The van der Waals surface area contributed by atoms with Gasteiger partial charge >= 0.3 is 0 Å². The van der Waals surface area contributed by atoms with Gasteiger partial charge in [0.05, 0.1) is 0 Å². The Kier molecular flexibility index (Phi) is 5.38. The highest BCUT2D eigenvalue weighted by Crippen LogP contribution is 1.76. The van der Waals surface area contributed by atoms with Gasteiger partial charge in [0.25, 0.3) is 0 Å². The normalized spacial score (nSPS) is 29.7. The maximum atomic E-state index is 3.97. The van der Waals surface area contributed by atoms with Gasteiger partial charge in [0.15, 0.2) is 0 Å². The Morgan fingerprint density at radius 3 is 1.64 bits per heavy atom. The molecule has 0 saturated carbocycles. The summed E-state index contributed by atoms with van der Waals surface area (Å²) in [6, 6.07) is 0. The zero-order valence-electron chi connectivity index (χ0n) is 7.67. The van der Waals surface area contributed by atoms with E-state index < -0.39 is 0 Å². The van der Waals surface area contributed by atoms with Crippen LogP contribution in [-0.4, -0.2) is 12.4 Å². The maximum Gasteiger partial charge on any atom is 0.0427 e. The second kappa shape index (κ2) is 7.54. The number of aliphatic imine (C=N–C) groups is 2. The van der Waals surface area contributed by atoms with E-state index >= 15 is 0 Å². The van der Waals surface area contributed by atoms with Crippen molar-refractivity contribution in [3.05, 3.63) is 49.4 Å². The molecule has 1 heterocycles. The molecule has 0 saturated heterocycles. The van der Waals surface area contributed by atoms with Gasteiger partial charge in [-0.2, -0.15) is 0 Å². The lowest BCUT2D eigenvalue weighted by molar-refractivity contribution is 1.18. The van der Waals surface area contributed by atoms with Crippen LogP contribution in [0, 0.1) is 0 Å². The predicted molar refractivity (Wildman–Crippen MR) is 59.8 cm³/mol. The number of hydrogen-bond donors (Lipinski definition) is 2. The second-order valence-electron chi connectivity index (χ2n) is 2.28. The summed E-state index contributed by atoms with van der Waals surface area (Å²) in [5.41, 5.74) is 0. The minimum absolute atomic E-state index is 1.66. The molecule has 0 aromatic rings. The molecule has 2 N–H and O–H groups in total. The van der Waals surface area contributed by atoms with Crippen molar-refractivity contribution in [2.45, 2.75) is 0 Å². The van der Waals surface area contributed by atoms with Gasteiger partial charge in [-0.25, -0.2) is 0 Å². The van der Waals surface area contributed by atoms with Gasteiger partial charge in [-0.05, 0) is 12.2 Å². The fraction of sp³-hybridized carbons (Fsp3) is 0. The van der Waals surface area contributed by atoms with Crippen LogP contribution < -0.4 is 10.6 Å². The third-order valence-electron chi connectivity index (χ3n) is 1.24. The highest BCUT2D eigenvalue weighted by Gasteiger charge is 1.68. The smallest absolute Gasteiger partial charge is 0.0427 e. The third-order valence-corrected chi connectivity index (χ3v) is 1.24. The van der Waals surface area contributed by atoms with E-state index in [1.54, 1.807) is 61.8 Å². The first-order chi connectivity index (χ1) is 7.00. The van der Waals surface area contributed by atoms with Crippen LogP contribution in [-0.2, 0) is 0 Å². The molecule has 0 fully saturated rings. The highest BCUT2D eigenvalue weighted by molar-refractivity contribution is 5.72. The molecule has 0 aromatic heterocycles. The van der Waals surface area contributed by atoms with Crippen LogP contribution in [0.25, 0.3) is 0 Å². The molecule has 0 spiro atoms. The first kappa shape index (κ1) is 9.98. The van der Waals surface area contributed by atoms with E-state index in [-0.39, 0.29) is 0 Å². The minimum Gasteiger partial charge on any atom is -0.366 e. The molecule has 1 aliphatic heterocycles. The Morgan fingerprint density at radius 1 is 0.643 bits per heavy atom. The molecule has 0 aromatic carbocycles. The molecule has 0 bridgehead atoms. The van der Waals surface area contributed by atoms with E-state index in [4.69, 9.17) is 0 Å². The lowest BCUT2D eigenvalue weighted by atomic mass is 10.6. The summed E-state index contributed by atoms with van der Waals surface area (Å²) in [6.07, 6.45) is 17.2. The zero-order valence-corrected chi connectivity index (χ0v) is 7.67. The average molecular weight is 188 g/mol. The van der Waals surface area contributed by atoms with Gasteiger partial charge in [0.2, 0.25) is 0 Å². The van der Waals surface area contributed by atoms with Crippen LogP contribution >= 0.6 is 0 Å². The van der Waals surface area contributed by atoms with Crippen molar-refractivity contribution < 1.29 is 0 Å². The summed E-state index contributed by atoms with van der Waals surface area (Å²) < 4.78 is 0. The topological polar surface area (TPSA) is 48.8 Å². The van der Waals surface area contributed by atoms with Crippen molar-refractivity contribution in [3.8, 4) is 0 Å². The molecular formula is C10H12N4. The fourth-order valence-corrected chi connectivity index (χ4v) is 0.679. The molecule has 0 radical (unpaired) electrons. The van der Waals surface area contributed by atoms with E-state index in [0.29, 0.717) is 0 Å². The van der Waals surface area contributed by atoms with E-state index in [1.807, 2.05) is 0 Å². The van der Waals surface area contributed by atoms with Gasteiger partial charge in [-0.3, -0.25) is 9.98 Å². The Bertz CT molecular complexity index is 248. The summed E-state index contributed by atoms with van der Waals surface area (Å²) in [4.78, 5) is 7.94. The van der Waals surface area contributed by atoms with E-state index in [9.17, 15) is 0 Å². The van der Waals surface area contributed by atoms with Crippen LogP contribution in [0.3, 0.4) is 0 Å². The number of rotatable bonds is 0. The summed E-state index contributed by atoms with van der Waals surface area (Å²) in [5, 5.41) is 5.82. The fourth-order valence-electron chi connectivity index (χ4n) is 0.679. The highest BCUT2D eigenvalue weighted by atomic mass is 14.8. The number of nitrogens with one attached hydrogen (secondary N) is 2. The van der Waals surface area contributed by atoms with Crippen molar-refractivity contribution in [1.82, 2.24) is 10.6 Å². The van der Waals surface area contributed by atoms with E-state index in [1.165, 1.54) is 0 Å². The third kappa shape index (κ3) is 5.54. The number of nitrogens with zero attached hydrogens (tertiary/aromatic N) is 2. The van der Waals surface area contributed by atoms with Gasteiger partial charge in [-0.1, -0.05) is 0 Å². The van der Waals surface area contributed by atoms with Gasteiger partial charge in [0.1, 0.15) is 0 Å². The van der Waals surface area contributed by atoms with E-state index in [0.717, 1.165) is 0 Å². The molecule has 14 heavy (non-hydrogen) atoms. The average Bonchev–Trinajstić information content (AvgIpc) is 2.22. The van der Waals surface area contributed by atoms with Crippen LogP contribution in [0.1, 0.15) is 0 Å². The van der Waals surface area contributed by atoms with Crippen molar-refractivity contribution in [2.24, 2.45) is 9.98 Å². The second-order valence-corrected chi connectivity index (χ2v) is 2.28. The van der Waals surface area contributed by atoms with Crippen molar-refractivity contribution in [1.29, 1.82) is 0 Å². The van der Waals surface area contributed by atoms with E-state index in [2.05, 4.69) is 20.6 Å². The van der Waals surface area contributed by atoms with Crippen molar-refractivity contribution >= 4 is 12.4 Å². The summed E-state index contributed by atoms with van der Waals surface area (Å²) >= 11 is 0. The molecule has 1 rings (SSSR count). The Hall–Kier alpha value is -2.10. The molecule has 0 unspecified atom stereocenters. The van der Waals surface area contributed by atoms with Gasteiger partial charge in [0, 0.05) is 49.6 Å². The molecular weight excluding hydrogens is 176 g/mol. The van der Waals surface area contributed by atoms with Gasteiger partial charge in [-0.15, -0.1) is 0 Å². The Labute approximate surface area is 83.1 Å². The van der Waals surface area contributed by atoms with Crippen LogP contribution in [0.2, 0.25) is 0 Å². The molecule has 0 aliphatic carbocycles. The largest absolute Gasteiger partial charge is 0.366 e. The predicted octanol–water partition coefficient (Wildman–Crippen LogP) is 1.29. The lowest BCUT2D eigenvalue weighted by Gasteiger charge is -1.87. The van der Waals surface area contributed by atoms with Crippen LogP contribution in [0.15, 0.2) is 59.3 Å². The Morgan fingerprint density at radius 2 is 1.14 bits per heavy atom. The van der Waals surface area contributed by atoms with Crippen molar-refractivity contribution in [2.75, 3.05) is 0 Å². The molecule has 0 amide bonds. The summed E-state index contributed by atoms with van der Waals surface area (Å²) in [5.74, 6) is 0. The monoisotopic (exact) mass is 188 g/mol. The van der Waals surface area contributed by atoms with Gasteiger partial charge < -0.3 is 10.6 Å².